The molecular weight excluding hydrogens is 478 g/mol. The summed E-state index contributed by atoms with van der Waals surface area (Å²) in [7, 11) is 1.73. The molecule has 4 heterocycles. The first kappa shape index (κ1) is 25.1. The lowest BCUT2D eigenvalue weighted by Crippen LogP contribution is -2.60. The highest BCUT2D eigenvalue weighted by molar-refractivity contribution is 7.10. The zero-order valence-corrected chi connectivity index (χ0v) is 21.6. The lowest BCUT2D eigenvalue weighted by molar-refractivity contribution is -0.144. The van der Waals surface area contributed by atoms with Gasteiger partial charge >= 0.3 is 0 Å². The first-order valence-corrected chi connectivity index (χ1v) is 13.9. The minimum Gasteiger partial charge on any atom is -0.472 e. The van der Waals surface area contributed by atoms with Gasteiger partial charge in [-0.25, -0.2) is 4.98 Å². The topological polar surface area (TPSA) is 108 Å². The molecule has 1 saturated carbocycles. The van der Waals surface area contributed by atoms with Gasteiger partial charge in [-0.2, -0.15) is 0 Å². The van der Waals surface area contributed by atoms with Crippen LogP contribution in [0.15, 0.2) is 28.4 Å². The SMILES string of the molecule is CNCC(=O)NC(C(=O)N1CC2CCCN2CC1c1nc(C(=O)c2ccoc2)cs1)C1CCCCC1. The van der Waals surface area contributed by atoms with E-state index in [2.05, 4.69) is 15.5 Å². The fourth-order valence-electron chi connectivity index (χ4n) is 5.97. The average molecular weight is 514 g/mol. The molecule has 36 heavy (non-hydrogen) atoms. The number of carbonyl (C=O) groups excluding carboxylic acids is 3. The molecule has 1 aliphatic carbocycles. The number of fused-ring (bicyclic) bond motifs is 1. The van der Waals surface area contributed by atoms with Crippen LogP contribution in [0.2, 0.25) is 0 Å². The number of hydrogen-bond acceptors (Lipinski definition) is 8. The van der Waals surface area contributed by atoms with Gasteiger partial charge in [0.2, 0.25) is 17.6 Å². The number of aromatic nitrogens is 1. The Bertz CT molecular complexity index is 1060. The highest BCUT2D eigenvalue weighted by Crippen LogP contribution is 2.36. The molecule has 3 fully saturated rings. The number of rotatable bonds is 8. The van der Waals surface area contributed by atoms with Crippen LogP contribution in [0.3, 0.4) is 0 Å². The monoisotopic (exact) mass is 513 g/mol. The van der Waals surface area contributed by atoms with Crippen LogP contribution in [0.1, 0.15) is 72.0 Å². The maximum atomic E-state index is 14.2. The largest absolute Gasteiger partial charge is 0.472 e. The molecule has 3 unspecified atom stereocenters. The summed E-state index contributed by atoms with van der Waals surface area (Å²) in [5, 5.41) is 8.51. The Morgan fingerprint density at radius 3 is 2.75 bits per heavy atom. The van der Waals surface area contributed by atoms with E-state index in [1.165, 1.54) is 30.3 Å². The third-order valence-corrected chi connectivity index (χ3v) is 8.78. The molecule has 0 spiro atoms. The second-order valence-corrected chi connectivity index (χ2v) is 11.1. The molecular formula is C26H35N5O4S. The average Bonchev–Trinajstić information content (AvgIpc) is 3.68. The van der Waals surface area contributed by atoms with Crippen molar-refractivity contribution in [1.82, 2.24) is 25.4 Å². The molecule has 2 saturated heterocycles. The number of piperazine rings is 1. The summed E-state index contributed by atoms with van der Waals surface area (Å²) >= 11 is 1.43. The van der Waals surface area contributed by atoms with Crippen LogP contribution in [0.4, 0.5) is 0 Å². The number of thiazole rings is 1. The molecule has 5 rings (SSSR count). The van der Waals surface area contributed by atoms with E-state index >= 15 is 0 Å². The molecule has 2 aromatic rings. The minimum atomic E-state index is -0.534. The smallest absolute Gasteiger partial charge is 0.246 e. The van der Waals surface area contributed by atoms with Crippen LogP contribution in [0.25, 0.3) is 0 Å². The highest BCUT2D eigenvalue weighted by Gasteiger charge is 2.44. The van der Waals surface area contributed by atoms with Crippen LogP contribution in [0.5, 0.6) is 0 Å². The van der Waals surface area contributed by atoms with Gasteiger partial charge in [-0.3, -0.25) is 19.3 Å². The van der Waals surface area contributed by atoms with Gasteiger partial charge in [-0.1, -0.05) is 19.3 Å². The Labute approximate surface area is 215 Å². The van der Waals surface area contributed by atoms with E-state index < -0.39 is 6.04 Å². The van der Waals surface area contributed by atoms with Crippen molar-refractivity contribution in [2.45, 2.75) is 63.1 Å². The quantitative estimate of drug-likeness (QED) is 0.523. The van der Waals surface area contributed by atoms with Gasteiger partial charge in [0, 0.05) is 24.5 Å². The second kappa shape index (κ2) is 11.2. The maximum Gasteiger partial charge on any atom is 0.246 e. The summed E-state index contributed by atoms with van der Waals surface area (Å²) in [4.78, 5) is 48.8. The van der Waals surface area contributed by atoms with Crippen LogP contribution in [-0.4, -0.2) is 77.7 Å². The lowest BCUT2D eigenvalue weighted by atomic mass is 9.83. The van der Waals surface area contributed by atoms with E-state index in [1.54, 1.807) is 18.5 Å². The van der Waals surface area contributed by atoms with Crippen LogP contribution >= 0.6 is 11.3 Å². The molecule has 0 aromatic carbocycles. The van der Waals surface area contributed by atoms with Crippen LogP contribution in [0, 0.1) is 5.92 Å². The third kappa shape index (κ3) is 5.26. The molecule has 3 aliphatic rings. The molecule has 2 amide bonds. The van der Waals surface area contributed by atoms with E-state index in [1.807, 2.05) is 4.90 Å². The van der Waals surface area contributed by atoms with Gasteiger partial charge in [-0.15, -0.1) is 11.3 Å². The molecule has 0 radical (unpaired) electrons. The minimum absolute atomic E-state index is 0.0131. The van der Waals surface area contributed by atoms with E-state index in [0.29, 0.717) is 30.4 Å². The normalized spacial score (nSPS) is 23.9. The Morgan fingerprint density at radius 1 is 1.17 bits per heavy atom. The van der Waals surface area contributed by atoms with E-state index in [4.69, 9.17) is 9.40 Å². The number of amides is 2. The number of nitrogens with zero attached hydrogens (tertiary/aromatic N) is 3. The zero-order chi connectivity index (χ0) is 25.1. The predicted octanol–water partition coefficient (Wildman–Crippen LogP) is 2.60. The predicted molar refractivity (Wildman–Crippen MR) is 136 cm³/mol. The molecule has 3 atom stereocenters. The van der Waals surface area contributed by atoms with Crippen molar-refractivity contribution in [3.63, 3.8) is 0 Å². The van der Waals surface area contributed by atoms with Crippen molar-refractivity contribution in [2.24, 2.45) is 5.92 Å². The number of furan rings is 1. The van der Waals surface area contributed by atoms with E-state index in [0.717, 1.165) is 50.1 Å². The number of hydrogen-bond donors (Lipinski definition) is 2. The standard InChI is InChI=1S/C26H35N5O4S/c1-27-12-22(32)29-23(17-6-3-2-4-7-17)26(34)31-13-19-8-5-10-30(19)14-21(31)25-28-20(16-36-25)24(33)18-9-11-35-15-18/h9,11,15-17,19,21,23,27H,2-8,10,12-14H2,1H3,(H,29,32). The summed E-state index contributed by atoms with van der Waals surface area (Å²) < 4.78 is 5.07. The lowest BCUT2D eigenvalue weighted by Gasteiger charge is -2.45. The fourth-order valence-corrected chi connectivity index (χ4v) is 6.87. The van der Waals surface area contributed by atoms with Crippen molar-refractivity contribution in [3.8, 4) is 0 Å². The van der Waals surface area contributed by atoms with Gasteiger partial charge in [0.1, 0.15) is 23.0 Å². The van der Waals surface area contributed by atoms with Crippen molar-refractivity contribution < 1.29 is 18.8 Å². The Kier molecular flexibility index (Phi) is 7.83. The number of carbonyl (C=O) groups is 3. The zero-order valence-electron chi connectivity index (χ0n) is 20.8. The summed E-state index contributed by atoms with van der Waals surface area (Å²) in [5.41, 5.74) is 0.839. The maximum absolute atomic E-state index is 14.2. The Morgan fingerprint density at radius 2 is 2.00 bits per heavy atom. The van der Waals surface area contributed by atoms with Gasteiger partial charge in [-0.05, 0) is 51.3 Å². The summed E-state index contributed by atoms with van der Waals surface area (Å²) in [5.74, 6) is -0.206. The molecule has 9 nitrogen and oxygen atoms in total. The number of ketones is 1. The Hall–Kier alpha value is -2.56. The van der Waals surface area contributed by atoms with Crippen molar-refractivity contribution in [1.29, 1.82) is 0 Å². The molecule has 2 aliphatic heterocycles. The summed E-state index contributed by atoms with van der Waals surface area (Å²) in [6, 6.07) is 1.19. The first-order chi connectivity index (χ1) is 17.5. The number of likely N-dealkylation sites (N-methyl/N-ethyl adjacent to an activating group) is 1. The molecule has 10 heteroatoms. The van der Waals surface area contributed by atoms with Crippen LogP contribution < -0.4 is 10.6 Å². The molecule has 194 valence electrons. The van der Waals surface area contributed by atoms with Gasteiger partial charge in [0.25, 0.3) is 0 Å². The highest BCUT2D eigenvalue weighted by atomic mass is 32.1. The van der Waals surface area contributed by atoms with E-state index in [-0.39, 0.29) is 36.1 Å². The van der Waals surface area contributed by atoms with Gasteiger partial charge in [0.05, 0.1) is 24.4 Å². The van der Waals surface area contributed by atoms with Crippen molar-refractivity contribution >= 4 is 28.9 Å². The van der Waals surface area contributed by atoms with Crippen LogP contribution in [-0.2, 0) is 9.59 Å². The second-order valence-electron chi connectivity index (χ2n) is 10.2. The van der Waals surface area contributed by atoms with Gasteiger partial charge < -0.3 is 20.0 Å². The van der Waals surface area contributed by atoms with Crippen molar-refractivity contribution in [3.05, 3.63) is 40.2 Å². The summed E-state index contributed by atoms with van der Waals surface area (Å²) in [6.07, 6.45) is 10.3. The summed E-state index contributed by atoms with van der Waals surface area (Å²) in [6.45, 7) is 2.52. The fraction of sp³-hybridized carbons (Fsp3) is 0.615. The molecule has 2 aromatic heterocycles. The van der Waals surface area contributed by atoms with Gasteiger partial charge in [0.15, 0.2) is 0 Å². The van der Waals surface area contributed by atoms with Crippen molar-refractivity contribution in [2.75, 3.05) is 33.2 Å². The third-order valence-electron chi connectivity index (χ3n) is 7.84. The molecule has 2 N–H and O–H groups in total. The number of nitrogens with one attached hydrogen (secondary N) is 2. The first-order valence-electron chi connectivity index (χ1n) is 13.1. The van der Waals surface area contributed by atoms with E-state index in [9.17, 15) is 14.4 Å². The Balaban J connectivity index is 1.42. The molecule has 0 bridgehead atoms.